The first-order chi connectivity index (χ1) is 9.76. The standard InChI is InChI=1S/C13H20N2OS4/c1-3-5-6-7-8-18-12-14-15-13(20-12)19-10-9-17-11(16)4-2/h4H,2-3,5-10H2,1H3. The highest BCUT2D eigenvalue weighted by atomic mass is 32.2. The number of hydrogen-bond acceptors (Lipinski definition) is 7. The summed E-state index contributed by atoms with van der Waals surface area (Å²) >= 11 is 6.41. The third kappa shape index (κ3) is 8.34. The second-order valence-electron chi connectivity index (χ2n) is 3.96. The van der Waals surface area contributed by atoms with E-state index in [0.717, 1.165) is 25.9 Å². The van der Waals surface area contributed by atoms with Gasteiger partial charge in [0.25, 0.3) is 0 Å². The van der Waals surface area contributed by atoms with E-state index >= 15 is 0 Å². The van der Waals surface area contributed by atoms with Crippen molar-refractivity contribution in [1.82, 2.24) is 10.2 Å². The minimum atomic E-state index is 0.0335. The van der Waals surface area contributed by atoms with Crippen LogP contribution in [0.5, 0.6) is 0 Å². The smallest absolute Gasteiger partial charge is 0.211 e. The van der Waals surface area contributed by atoms with Crippen LogP contribution in [-0.2, 0) is 4.79 Å². The molecule has 0 spiro atoms. The zero-order chi connectivity index (χ0) is 14.6. The molecule has 0 radical (unpaired) electrons. The SMILES string of the molecule is C=CC(=O)SCCSc1nnc(SCCCCCC)s1. The van der Waals surface area contributed by atoms with Crippen LogP contribution in [0, 0.1) is 0 Å². The Labute approximate surface area is 137 Å². The molecule has 1 heterocycles. The summed E-state index contributed by atoms with van der Waals surface area (Å²) < 4.78 is 2.05. The highest BCUT2D eigenvalue weighted by Crippen LogP contribution is 2.29. The molecule has 7 heteroatoms. The maximum atomic E-state index is 11.0. The molecule has 0 aliphatic rings. The summed E-state index contributed by atoms with van der Waals surface area (Å²) in [7, 11) is 0. The van der Waals surface area contributed by atoms with Crippen LogP contribution in [0.15, 0.2) is 21.3 Å². The van der Waals surface area contributed by atoms with E-state index in [0.29, 0.717) is 0 Å². The first-order valence-corrected chi connectivity index (χ1v) is 10.4. The molecule has 0 amide bonds. The molecule has 0 atom stereocenters. The van der Waals surface area contributed by atoms with Crippen LogP contribution < -0.4 is 0 Å². The summed E-state index contributed by atoms with van der Waals surface area (Å²) in [5, 5.41) is 8.38. The number of carbonyl (C=O) groups excluding carboxylic acids is 1. The Morgan fingerprint density at radius 2 is 1.85 bits per heavy atom. The van der Waals surface area contributed by atoms with E-state index in [1.807, 2.05) is 0 Å². The Bertz CT molecular complexity index is 409. The molecule has 0 fully saturated rings. The number of hydrogen-bond donors (Lipinski definition) is 0. The summed E-state index contributed by atoms with van der Waals surface area (Å²) in [5.41, 5.74) is 0. The van der Waals surface area contributed by atoms with Gasteiger partial charge in [0.2, 0.25) is 5.12 Å². The zero-order valence-electron chi connectivity index (χ0n) is 11.7. The van der Waals surface area contributed by atoms with E-state index in [2.05, 4.69) is 23.7 Å². The van der Waals surface area contributed by atoms with Crippen LogP contribution in [-0.4, -0.2) is 32.6 Å². The molecule has 0 saturated carbocycles. The van der Waals surface area contributed by atoms with Gasteiger partial charge in [0.05, 0.1) is 0 Å². The third-order valence-electron chi connectivity index (χ3n) is 2.33. The second kappa shape index (κ2) is 11.7. The van der Waals surface area contributed by atoms with Gasteiger partial charge in [0.1, 0.15) is 0 Å². The van der Waals surface area contributed by atoms with Gasteiger partial charge >= 0.3 is 0 Å². The molecule has 1 aromatic heterocycles. The summed E-state index contributed by atoms with van der Waals surface area (Å²) in [6, 6.07) is 0. The third-order valence-corrected chi connectivity index (χ3v) is 6.73. The van der Waals surface area contributed by atoms with Gasteiger partial charge in [-0.25, -0.2) is 0 Å². The van der Waals surface area contributed by atoms with Crippen LogP contribution in [0.4, 0.5) is 0 Å². The number of thioether (sulfide) groups is 3. The van der Waals surface area contributed by atoms with Gasteiger partial charge in [0.15, 0.2) is 8.68 Å². The predicted octanol–water partition coefficient (Wildman–Crippen LogP) is 4.75. The van der Waals surface area contributed by atoms with Gasteiger partial charge in [-0.05, 0) is 12.5 Å². The Morgan fingerprint density at radius 1 is 1.15 bits per heavy atom. The number of carbonyl (C=O) groups is 1. The normalized spacial score (nSPS) is 10.7. The lowest BCUT2D eigenvalue weighted by atomic mass is 10.2. The molecule has 1 rings (SSSR count). The van der Waals surface area contributed by atoms with Crippen LogP contribution >= 0.6 is 46.6 Å². The fraction of sp³-hybridized carbons (Fsp3) is 0.615. The summed E-state index contributed by atoms with van der Waals surface area (Å²) in [5.74, 6) is 2.79. The number of unbranched alkanes of at least 4 members (excludes halogenated alkanes) is 3. The first kappa shape index (κ1) is 18.1. The molecule has 0 unspecified atom stereocenters. The quantitative estimate of drug-likeness (QED) is 0.327. The molecular formula is C13H20N2OS4. The fourth-order valence-electron chi connectivity index (χ4n) is 1.33. The molecule has 1 aromatic rings. The van der Waals surface area contributed by atoms with E-state index in [4.69, 9.17) is 0 Å². The molecule has 0 saturated heterocycles. The van der Waals surface area contributed by atoms with Crippen molar-refractivity contribution in [3.05, 3.63) is 12.7 Å². The molecule has 112 valence electrons. The van der Waals surface area contributed by atoms with E-state index < -0.39 is 0 Å². The maximum Gasteiger partial charge on any atom is 0.211 e. The summed E-state index contributed by atoms with van der Waals surface area (Å²) in [6.07, 6.45) is 6.50. The van der Waals surface area contributed by atoms with Gasteiger partial charge < -0.3 is 0 Å². The van der Waals surface area contributed by atoms with E-state index in [1.165, 1.54) is 43.5 Å². The van der Waals surface area contributed by atoms with Crippen molar-refractivity contribution < 1.29 is 4.79 Å². The van der Waals surface area contributed by atoms with Crippen molar-refractivity contribution in [1.29, 1.82) is 0 Å². The Morgan fingerprint density at radius 3 is 2.50 bits per heavy atom. The van der Waals surface area contributed by atoms with Gasteiger partial charge in [0, 0.05) is 17.3 Å². The van der Waals surface area contributed by atoms with Gasteiger partial charge in [-0.1, -0.05) is 79.4 Å². The maximum absolute atomic E-state index is 11.0. The summed E-state index contributed by atoms with van der Waals surface area (Å²) in [4.78, 5) is 11.0. The highest BCUT2D eigenvalue weighted by molar-refractivity contribution is 8.14. The highest BCUT2D eigenvalue weighted by Gasteiger charge is 2.05. The van der Waals surface area contributed by atoms with Gasteiger partial charge in [-0.15, -0.1) is 10.2 Å². The Hall–Kier alpha value is 0.0200. The largest absolute Gasteiger partial charge is 0.282 e. The van der Waals surface area contributed by atoms with E-state index in [1.54, 1.807) is 34.9 Å². The molecule has 3 nitrogen and oxygen atoms in total. The monoisotopic (exact) mass is 348 g/mol. The van der Waals surface area contributed by atoms with Crippen LogP contribution in [0.2, 0.25) is 0 Å². The molecule has 0 aromatic carbocycles. The van der Waals surface area contributed by atoms with Crippen molar-refractivity contribution >= 4 is 51.7 Å². The van der Waals surface area contributed by atoms with Crippen molar-refractivity contribution in [3.63, 3.8) is 0 Å². The van der Waals surface area contributed by atoms with E-state index in [-0.39, 0.29) is 5.12 Å². The summed E-state index contributed by atoms with van der Waals surface area (Å²) in [6.45, 7) is 5.67. The Kier molecular flexibility index (Phi) is 10.5. The minimum Gasteiger partial charge on any atom is -0.282 e. The molecule has 0 aliphatic carbocycles. The van der Waals surface area contributed by atoms with Crippen LogP contribution in [0.25, 0.3) is 0 Å². The topological polar surface area (TPSA) is 42.9 Å². The molecule has 20 heavy (non-hydrogen) atoms. The average molecular weight is 349 g/mol. The number of nitrogens with zero attached hydrogens (tertiary/aromatic N) is 2. The number of rotatable bonds is 11. The second-order valence-corrected chi connectivity index (χ2v) is 8.72. The van der Waals surface area contributed by atoms with Crippen molar-refractivity contribution in [2.24, 2.45) is 0 Å². The van der Waals surface area contributed by atoms with Crippen LogP contribution in [0.1, 0.15) is 32.6 Å². The lowest BCUT2D eigenvalue weighted by molar-refractivity contribution is -0.107. The lowest BCUT2D eigenvalue weighted by Crippen LogP contribution is -1.89. The molecular weight excluding hydrogens is 328 g/mol. The number of aromatic nitrogens is 2. The minimum absolute atomic E-state index is 0.0335. The molecule has 0 bridgehead atoms. The fourth-order valence-corrected chi connectivity index (χ4v) is 5.13. The van der Waals surface area contributed by atoms with Gasteiger partial charge in [-0.3, -0.25) is 4.79 Å². The van der Waals surface area contributed by atoms with E-state index in [9.17, 15) is 4.79 Å². The molecule has 0 aliphatic heterocycles. The van der Waals surface area contributed by atoms with Crippen molar-refractivity contribution in [3.8, 4) is 0 Å². The predicted molar refractivity (Wildman–Crippen MR) is 93.2 cm³/mol. The zero-order valence-corrected chi connectivity index (χ0v) is 14.9. The average Bonchev–Trinajstić information content (AvgIpc) is 2.91. The molecule has 0 N–H and O–H groups in total. The van der Waals surface area contributed by atoms with Crippen molar-refractivity contribution in [2.75, 3.05) is 17.3 Å². The van der Waals surface area contributed by atoms with Gasteiger partial charge in [-0.2, -0.15) is 0 Å². The first-order valence-electron chi connectivity index (χ1n) is 6.64. The van der Waals surface area contributed by atoms with Crippen LogP contribution in [0.3, 0.4) is 0 Å². The Balaban J connectivity index is 2.12. The lowest BCUT2D eigenvalue weighted by Gasteiger charge is -1.96. The van der Waals surface area contributed by atoms with Crippen molar-refractivity contribution in [2.45, 2.75) is 41.3 Å².